The Morgan fingerprint density at radius 2 is 1.91 bits per heavy atom. The highest BCUT2D eigenvalue weighted by molar-refractivity contribution is 7.14. The number of rotatable bonds is 2. The predicted molar refractivity (Wildman–Crippen MR) is 91.6 cm³/mol. The van der Waals surface area contributed by atoms with Gasteiger partial charge in [-0.2, -0.15) is 0 Å². The fraction of sp³-hybridized carbons (Fsp3) is 0.111. The van der Waals surface area contributed by atoms with Gasteiger partial charge >= 0.3 is 0 Å². The van der Waals surface area contributed by atoms with Crippen LogP contribution < -0.4 is 0 Å². The summed E-state index contributed by atoms with van der Waals surface area (Å²) in [7, 11) is 0. The number of aryl methyl sites for hydroxylation is 2. The zero-order chi connectivity index (χ0) is 16.0. The van der Waals surface area contributed by atoms with Gasteiger partial charge in [-0.05, 0) is 43.7 Å². The van der Waals surface area contributed by atoms with Crippen molar-refractivity contribution in [2.75, 3.05) is 0 Å². The summed E-state index contributed by atoms with van der Waals surface area (Å²) >= 11 is 1.56. The number of aromatic nitrogens is 3. The largest absolute Gasteiger partial charge is 0.316 e. The number of hydrogen-bond donors (Lipinski definition) is 0. The first kappa shape index (κ1) is 14.1. The summed E-state index contributed by atoms with van der Waals surface area (Å²) in [4.78, 5) is 0. The van der Waals surface area contributed by atoms with Crippen molar-refractivity contribution in [1.82, 2.24) is 14.8 Å². The summed E-state index contributed by atoms with van der Waals surface area (Å²) in [6.45, 7) is 3.94. The van der Waals surface area contributed by atoms with Gasteiger partial charge in [0.05, 0.1) is 5.52 Å². The fourth-order valence-corrected chi connectivity index (χ4v) is 3.50. The van der Waals surface area contributed by atoms with Crippen molar-refractivity contribution in [3.05, 3.63) is 65.0 Å². The van der Waals surface area contributed by atoms with Crippen molar-refractivity contribution < 1.29 is 4.39 Å². The van der Waals surface area contributed by atoms with E-state index in [1.165, 1.54) is 6.07 Å². The Morgan fingerprint density at radius 3 is 2.70 bits per heavy atom. The number of benzene rings is 2. The molecule has 2 aromatic heterocycles. The topological polar surface area (TPSA) is 30.7 Å². The molecular formula is C18H14FN3S. The van der Waals surface area contributed by atoms with Crippen LogP contribution in [0.3, 0.4) is 0 Å². The average molecular weight is 323 g/mol. The maximum absolute atomic E-state index is 14.0. The molecule has 0 saturated carbocycles. The minimum atomic E-state index is -0.194. The molecule has 0 amide bonds. The summed E-state index contributed by atoms with van der Waals surface area (Å²) in [5.41, 5.74) is 3.95. The molecule has 0 atom stereocenters. The van der Waals surface area contributed by atoms with Gasteiger partial charge in [0.1, 0.15) is 15.8 Å². The van der Waals surface area contributed by atoms with Crippen molar-refractivity contribution in [3.8, 4) is 16.3 Å². The van der Waals surface area contributed by atoms with E-state index in [1.807, 2.05) is 54.9 Å². The number of nitrogens with zero attached hydrogens (tertiary/aromatic N) is 3. The Morgan fingerprint density at radius 1 is 1.04 bits per heavy atom. The minimum absolute atomic E-state index is 0.194. The molecule has 0 spiro atoms. The maximum atomic E-state index is 14.0. The van der Waals surface area contributed by atoms with Crippen LogP contribution in [0.1, 0.15) is 10.6 Å². The summed E-state index contributed by atoms with van der Waals surface area (Å²) in [6, 6.07) is 13.2. The van der Waals surface area contributed by atoms with Gasteiger partial charge in [-0.3, -0.25) is 0 Å². The summed E-state index contributed by atoms with van der Waals surface area (Å²) < 4.78 is 16.0. The first-order valence-corrected chi connectivity index (χ1v) is 8.12. The van der Waals surface area contributed by atoms with Gasteiger partial charge in [-0.1, -0.05) is 29.5 Å². The molecule has 0 bridgehead atoms. The van der Waals surface area contributed by atoms with Crippen LogP contribution in [0, 0.1) is 19.7 Å². The van der Waals surface area contributed by atoms with E-state index in [9.17, 15) is 4.39 Å². The van der Waals surface area contributed by atoms with E-state index in [0.717, 1.165) is 32.3 Å². The van der Waals surface area contributed by atoms with Gasteiger partial charge in [0, 0.05) is 22.8 Å². The summed E-state index contributed by atoms with van der Waals surface area (Å²) in [6.07, 6.45) is 1.91. The predicted octanol–water partition coefficient (Wildman–Crippen LogP) is 4.90. The van der Waals surface area contributed by atoms with Crippen LogP contribution in [0.2, 0.25) is 0 Å². The van der Waals surface area contributed by atoms with Gasteiger partial charge in [0.15, 0.2) is 0 Å². The first-order chi connectivity index (χ1) is 11.1. The van der Waals surface area contributed by atoms with E-state index in [0.29, 0.717) is 5.39 Å². The van der Waals surface area contributed by atoms with Crippen LogP contribution in [0.4, 0.5) is 4.39 Å². The molecule has 4 rings (SSSR count). The van der Waals surface area contributed by atoms with E-state index in [-0.39, 0.29) is 5.82 Å². The second-order valence-electron chi connectivity index (χ2n) is 5.49. The Kier molecular flexibility index (Phi) is 3.23. The Hall–Kier alpha value is -2.53. The lowest BCUT2D eigenvalue weighted by Gasteiger charge is -2.09. The highest BCUT2D eigenvalue weighted by Gasteiger charge is 2.11. The highest BCUT2D eigenvalue weighted by Crippen LogP contribution is 2.29. The van der Waals surface area contributed by atoms with Gasteiger partial charge in [-0.15, -0.1) is 10.2 Å². The lowest BCUT2D eigenvalue weighted by Crippen LogP contribution is -1.94. The quantitative estimate of drug-likeness (QED) is 0.525. The zero-order valence-corrected chi connectivity index (χ0v) is 13.6. The Bertz CT molecular complexity index is 1020. The van der Waals surface area contributed by atoms with E-state index in [2.05, 4.69) is 16.3 Å². The molecule has 23 heavy (non-hydrogen) atoms. The number of halogens is 1. The van der Waals surface area contributed by atoms with Crippen molar-refractivity contribution in [2.45, 2.75) is 13.8 Å². The van der Waals surface area contributed by atoms with Crippen molar-refractivity contribution in [2.24, 2.45) is 0 Å². The third kappa shape index (κ3) is 2.33. The van der Waals surface area contributed by atoms with E-state index in [4.69, 9.17) is 0 Å². The molecule has 0 radical (unpaired) electrons. The molecule has 0 unspecified atom stereocenters. The SMILES string of the molecule is Cc1nnc(-c2cccc(-n3ccc4c(F)ccc(C)c43)c2)s1. The second kappa shape index (κ2) is 5.28. The molecule has 0 N–H and O–H groups in total. The number of hydrogen-bond acceptors (Lipinski definition) is 3. The first-order valence-electron chi connectivity index (χ1n) is 7.30. The smallest absolute Gasteiger partial charge is 0.147 e. The van der Waals surface area contributed by atoms with Crippen molar-refractivity contribution in [1.29, 1.82) is 0 Å². The summed E-state index contributed by atoms with van der Waals surface area (Å²) in [5.74, 6) is -0.194. The molecule has 0 aliphatic heterocycles. The molecule has 5 heteroatoms. The van der Waals surface area contributed by atoms with E-state index in [1.54, 1.807) is 11.3 Å². The van der Waals surface area contributed by atoms with Gasteiger partial charge in [0.25, 0.3) is 0 Å². The van der Waals surface area contributed by atoms with Crippen molar-refractivity contribution >= 4 is 22.2 Å². The van der Waals surface area contributed by atoms with Gasteiger partial charge in [-0.25, -0.2) is 4.39 Å². The normalized spacial score (nSPS) is 11.3. The standard InChI is InChI=1S/C18H14FN3S/c1-11-6-7-16(19)15-8-9-22(17(11)15)14-5-3-4-13(10-14)18-21-20-12(2)23-18/h3-10H,1-2H3. The monoisotopic (exact) mass is 323 g/mol. The third-order valence-corrected chi connectivity index (χ3v) is 4.78. The fourth-order valence-electron chi connectivity index (χ4n) is 2.81. The molecular weight excluding hydrogens is 309 g/mol. The summed E-state index contributed by atoms with van der Waals surface area (Å²) in [5, 5.41) is 10.7. The molecule has 2 heterocycles. The average Bonchev–Trinajstić information content (AvgIpc) is 3.18. The molecule has 2 aromatic carbocycles. The third-order valence-electron chi connectivity index (χ3n) is 3.89. The van der Waals surface area contributed by atoms with Crippen LogP contribution in [-0.4, -0.2) is 14.8 Å². The molecule has 4 aromatic rings. The molecule has 0 aliphatic rings. The lowest BCUT2D eigenvalue weighted by molar-refractivity contribution is 0.639. The number of fused-ring (bicyclic) bond motifs is 1. The molecule has 0 saturated heterocycles. The van der Waals surface area contributed by atoms with E-state index >= 15 is 0 Å². The molecule has 114 valence electrons. The van der Waals surface area contributed by atoms with Crippen LogP contribution >= 0.6 is 11.3 Å². The van der Waals surface area contributed by atoms with Crippen LogP contribution in [-0.2, 0) is 0 Å². The minimum Gasteiger partial charge on any atom is -0.316 e. The Balaban J connectivity index is 1.90. The molecule has 0 fully saturated rings. The van der Waals surface area contributed by atoms with Crippen LogP contribution in [0.5, 0.6) is 0 Å². The second-order valence-corrected chi connectivity index (χ2v) is 6.67. The van der Waals surface area contributed by atoms with Crippen LogP contribution in [0.15, 0.2) is 48.7 Å². The van der Waals surface area contributed by atoms with Gasteiger partial charge < -0.3 is 4.57 Å². The molecule has 3 nitrogen and oxygen atoms in total. The maximum Gasteiger partial charge on any atom is 0.147 e. The Labute approximate surface area is 137 Å². The highest BCUT2D eigenvalue weighted by atomic mass is 32.1. The van der Waals surface area contributed by atoms with E-state index < -0.39 is 0 Å². The lowest BCUT2D eigenvalue weighted by atomic mass is 10.1. The van der Waals surface area contributed by atoms with Gasteiger partial charge in [0.2, 0.25) is 0 Å². The van der Waals surface area contributed by atoms with Crippen molar-refractivity contribution in [3.63, 3.8) is 0 Å². The zero-order valence-electron chi connectivity index (χ0n) is 12.7. The molecule has 0 aliphatic carbocycles. The van der Waals surface area contributed by atoms with Crippen LogP contribution in [0.25, 0.3) is 27.2 Å².